The van der Waals surface area contributed by atoms with Crippen LogP contribution < -0.4 is 0 Å². The lowest BCUT2D eigenvalue weighted by molar-refractivity contribution is -0.129. The molecule has 1 aliphatic rings. The van der Waals surface area contributed by atoms with Gasteiger partial charge in [-0.05, 0) is 22.8 Å². The van der Waals surface area contributed by atoms with Crippen molar-refractivity contribution in [2.75, 3.05) is 20.3 Å². The lowest BCUT2D eigenvalue weighted by atomic mass is 9.81. The van der Waals surface area contributed by atoms with Crippen molar-refractivity contribution < 1.29 is 19.4 Å². The van der Waals surface area contributed by atoms with Crippen molar-refractivity contribution in [1.82, 2.24) is 4.90 Å². The molecule has 1 N–H and O–H groups in total. The summed E-state index contributed by atoms with van der Waals surface area (Å²) < 4.78 is 5.12. The van der Waals surface area contributed by atoms with Crippen molar-refractivity contribution >= 4 is 22.5 Å². The smallest absolute Gasteiger partial charge is 0.290 e. The molecule has 1 amide bonds. The zero-order valence-electron chi connectivity index (χ0n) is 16.9. The lowest BCUT2D eigenvalue weighted by Gasteiger charge is -2.29. The number of carbonyl (C=O) groups excluding carboxylic acids is 2. The number of ether oxygens (including phenoxy) is 1. The summed E-state index contributed by atoms with van der Waals surface area (Å²) in [5, 5.41) is 12.7. The molecule has 0 bridgehead atoms. The van der Waals surface area contributed by atoms with Crippen molar-refractivity contribution in [3.05, 3.63) is 59.4 Å². The molecule has 1 aliphatic heterocycles. The first-order valence-corrected chi connectivity index (χ1v) is 9.53. The highest BCUT2D eigenvalue weighted by Crippen LogP contribution is 2.42. The standard InChI is InChI=1S/C23H27NO4/c1-23(2,3)21(26)18-19(24(13-8-14-28-4)22(27)20(18)25)17-12-7-10-15-9-5-6-11-16(15)17/h5-7,9-12,19,25H,8,13-14H2,1-4H3. The quantitative estimate of drug-likeness (QED) is 0.762. The summed E-state index contributed by atoms with van der Waals surface area (Å²) in [5.74, 6) is -1.15. The first kappa shape index (κ1) is 20.1. The third-order valence-electron chi connectivity index (χ3n) is 5.09. The number of aliphatic hydroxyl groups is 1. The molecule has 0 fully saturated rings. The van der Waals surface area contributed by atoms with Gasteiger partial charge in [-0.1, -0.05) is 63.2 Å². The Hall–Kier alpha value is -2.66. The molecule has 0 radical (unpaired) electrons. The number of hydrogen-bond donors (Lipinski definition) is 1. The zero-order valence-corrected chi connectivity index (χ0v) is 16.9. The van der Waals surface area contributed by atoms with Gasteiger partial charge in [-0.15, -0.1) is 0 Å². The summed E-state index contributed by atoms with van der Waals surface area (Å²) in [6.45, 7) is 6.29. The number of aliphatic hydroxyl groups excluding tert-OH is 1. The van der Waals surface area contributed by atoms with E-state index in [9.17, 15) is 14.7 Å². The van der Waals surface area contributed by atoms with Gasteiger partial charge in [0.15, 0.2) is 11.5 Å². The monoisotopic (exact) mass is 381 g/mol. The highest BCUT2D eigenvalue weighted by Gasteiger charge is 2.46. The average molecular weight is 381 g/mol. The van der Waals surface area contributed by atoms with Crippen molar-refractivity contribution in [2.45, 2.75) is 33.2 Å². The fraction of sp³-hybridized carbons (Fsp3) is 0.391. The van der Waals surface area contributed by atoms with Crippen molar-refractivity contribution in [3.8, 4) is 0 Å². The molecular formula is C23H27NO4. The first-order valence-electron chi connectivity index (χ1n) is 9.53. The molecule has 3 rings (SSSR count). The van der Waals surface area contributed by atoms with Crippen LogP contribution in [0.3, 0.4) is 0 Å². The van der Waals surface area contributed by atoms with Crippen LogP contribution in [-0.2, 0) is 14.3 Å². The Morgan fingerprint density at radius 2 is 1.82 bits per heavy atom. The summed E-state index contributed by atoms with van der Waals surface area (Å²) in [7, 11) is 1.61. The Morgan fingerprint density at radius 1 is 1.14 bits per heavy atom. The van der Waals surface area contributed by atoms with E-state index in [1.54, 1.807) is 32.8 Å². The maximum Gasteiger partial charge on any atom is 0.290 e. The van der Waals surface area contributed by atoms with E-state index in [-0.39, 0.29) is 11.4 Å². The van der Waals surface area contributed by atoms with Gasteiger partial charge in [-0.3, -0.25) is 9.59 Å². The molecule has 0 saturated heterocycles. The molecule has 28 heavy (non-hydrogen) atoms. The van der Waals surface area contributed by atoms with Crippen molar-refractivity contribution in [1.29, 1.82) is 0 Å². The third kappa shape index (κ3) is 3.54. The van der Waals surface area contributed by atoms with Crippen LogP contribution in [-0.4, -0.2) is 42.0 Å². The molecule has 5 nitrogen and oxygen atoms in total. The molecule has 0 spiro atoms. The summed E-state index contributed by atoms with van der Waals surface area (Å²) >= 11 is 0. The number of Topliss-reactive ketones (excluding diaryl/α,β-unsaturated/α-hetero) is 1. The SMILES string of the molecule is COCCCN1C(=O)C(O)=C(C(=O)C(C)(C)C)C1c1cccc2ccccc12. The zero-order chi connectivity index (χ0) is 20.5. The van der Waals surface area contributed by atoms with Gasteiger partial charge >= 0.3 is 0 Å². The molecular weight excluding hydrogens is 354 g/mol. The molecule has 5 heteroatoms. The van der Waals surface area contributed by atoms with Gasteiger partial charge < -0.3 is 14.7 Å². The van der Waals surface area contributed by atoms with Crippen LogP contribution in [0.15, 0.2) is 53.8 Å². The first-order chi connectivity index (χ1) is 13.3. The van der Waals surface area contributed by atoms with Crippen molar-refractivity contribution in [2.24, 2.45) is 5.41 Å². The Labute approximate surface area is 165 Å². The second kappa shape index (κ2) is 7.76. The fourth-order valence-corrected chi connectivity index (χ4v) is 3.71. The molecule has 1 heterocycles. The number of nitrogens with zero attached hydrogens (tertiary/aromatic N) is 1. The minimum atomic E-state index is -0.713. The molecule has 1 unspecified atom stereocenters. The third-order valence-corrected chi connectivity index (χ3v) is 5.09. The number of carbonyl (C=O) groups is 2. The summed E-state index contributed by atoms with van der Waals surface area (Å²) in [4.78, 5) is 27.7. The van der Waals surface area contributed by atoms with Crippen LogP contribution in [0.5, 0.6) is 0 Å². The number of ketones is 1. The van der Waals surface area contributed by atoms with Gasteiger partial charge in [0.05, 0.1) is 11.6 Å². The van der Waals surface area contributed by atoms with E-state index in [0.717, 1.165) is 16.3 Å². The normalized spacial score (nSPS) is 17.6. The molecule has 0 aromatic heterocycles. The van der Waals surface area contributed by atoms with Crippen LogP contribution in [0.2, 0.25) is 0 Å². The molecule has 1 atom stereocenters. The van der Waals surface area contributed by atoms with E-state index in [0.29, 0.717) is 19.6 Å². The van der Waals surface area contributed by atoms with E-state index < -0.39 is 23.1 Å². The van der Waals surface area contributed by atoms with E-state index in [1.807, 2.05) is 42.5 Å². The van der Waals surface area contributed by atoms with Gasteiger partial charge in [0.25, 0.3) is 5.91 Å². The minimum absolute atomic E-state index is 0.186. The van der Waals surface area contributed by atoms with Crippen LogP contribution in [0.1, 0.15) is 38.8 Å². The average Bonchev–Trinajstić information content (AvgIpc) is 2.91. The van der Waals surface area contributed by atoms with E-state index >= 15 is 0 Å². The summed E-state index contributed by atoms with van der Waals surface area (Å²) in [6, 6.07) is 13.1. The molecule has 2 aromatic carbocycles. The molecule has 0 saturated carbocycles. The number of benzene rings is 2. The number of hydrogen-bond acceptors (Lipinski definition) is 4. The minimum Gasteiger partial charge on any atom is -0.503 e. The van der Waals surface area contributed by atoms with Crippen LogP contribution in [0, 0.1) is 5.41 Å². The largest absolute Gasteiger partial charge is 0.503 e. The number of methoxy groups -OCH3 is 1. The Morgan fingerprint density at radius 3 is 2.50 bits per heavy atom. The maximum atomic E-state index is 13.2. The second-order valence-corrected chi connectivity index (χ2v) is 8.16. The van der Waals surface area contributed by atoms with E-state index in [4.69, 9.17) is 4.74 Å². The predicted octanol–water partition coefficient (Wildman–Crippen LogP) is 4.19. The lowest BCUT2D eigenvalue weighted by Crippen LogP contribution is -2.34. The van der Waals surface area contributed by atoms with E-state index in [2.05, 4.69) is 0 Å². The van der Waals surface area contributed by atoms with Crippen LogP contribution >= 0.6 is 0 Å². The highest BCUT2D eigenvalue weighted by molar-refractivity contribution is 6.11. The van der Waals surface area contributed by atoms with Crippen molar-refractivity contribution in [3.63, 3.8) is 0 Å². The summed E-state index contributed by atoms with van der Waals surface area (Å²) in [6.07, 6.45) is 0.619. The van der Waals surface area contributed by atoms with Crippen LogP contribution in [0.25, 0.3) is 10.8 Å². The Balaban J connectivity index is 2.17. The number of amides is 1. The highest BCUT2D eigenvalue weighted by atomic mass is 16.5. The van der Waals surface area contributed by atoms with Gasteiger partial charge in [0, 0.05) is 25.7 Å². The van der Waals surface area contributed by atoms with Crippen LogP contribution in [0.4, 0.5) is 0 Å². The molecule has 148 valence electrons. The van der Waals surface area contributed by atoms with Gasteiger partial charge in [-0.25, -0.2) is 0 Å². The Kier molecular flexibility index (Phi) is 5.57. The number of fused-ring (bicyclic) bond motifs is 1. The second-order valence-electron chi connectivity index (χ2n) is 8.16. The topological polar surface area (TPSA) is 66.8 Å². The Bertz CT molecular complexity index is 934. The predicted molar refractivity (Wildman–Crippen MR) is 109 cm³/mol. The summed E-state index contributed by atoms with van der Waals surface area (Å²) in [5.41, 5.74) is 0.321. The molecule has 2 aromatic rings. The van der Waals surface area contributed by atoms with Gasteiger partial charge in [0.2, 0.25) is 0 Å². The van der Waals surface area contributed by atoms with Gasteiger partial charge in [0.1, 0.15) is 0 Å². The maximum absolute atomic E-state index is 13.2. The molecule has 0 aliphatic carbocycles. The number of rotatable bonds is 6. The fourth-order valence-electron chi connectivity index (χ4n) is 3.71. The van der Waals surface area contributed by atoms with Gasteiger partial charge in [-0.2, -0.15) is 0 Å². The van der Waals surface area contributed by atoms with E-state index in [1.165, 1.54) is 0 Å².